The van der Waals surface area contributed by atoms with Crippen molar-refractivity contribution in [3.8, 4) is 0 Å². The molecule has 0 radical (unpaired) electrons. The fraction of sp³-hybridized carbons (Fsp3) is 0.400. The Morgan fingerprint density at radius 1 is 1.29 bits per heavy atom. The summed E-state index contributed by atoms with van der Waals surface area (Å²) in [6.07, 6.45) is 3.32. The smallest absolute Gasteiger partial charge is 0.0628 e. The van der Waals surface area contributed by atoms with Crippen molar-refractivity contribution in [3.63, 3.8) is 0 Å². The van der Waals surface area contributed by atoms with Crippen molar-refractivity contribution in [1.82, 2.24) is 0 Å². The number of para-hydroxylation sites is 1. The number of rotatable bonds is 5. The average molecular weight is 339 g/mol. The topological polar surface area (TPSA) is 12.0 Å². The standard InChI is InChI=1S/C10H13Br2NS/c1-14-7-3-6-13-10-8(11)4-2-5-9(10)12/h2,4-5,13H,3,6-7H2,1H3. The second-order valence-electron chi connectivity index (χ2n) is 2.87. The van der Waals surface area contributed by atoms with Crippen LogP contribution in [0.15, 0.2) is 27.1 Å². The lowest BCUT2D eigenvalue weighted by molar-refractivity contribution is 0.991. The van der Waals surface area contributed by atoms with E-state index in [2.05, 4.69) is 43.4 Å². The third kappa shape index (κ3) is 3.83. The van der Waals surface area contributed by atoms with Gasteiger partial charge in [-0.3, -0.25) is 0 Å². The lowest BCUT2D eigenvalue weighted by Crippen LogP contribution is -2.03. The highest BCUT2D eigenvalue weighted by Crippen LogP contribution is 2.30. The van der Waals surface area contributed by atoms with Gasteiger partial charge in [0.25, 0.3) is 0 Å². The number of benzene rings is 1. The van der Waals surface area contributed by atoms with Crippen LogP contribution in [-0.2, 0) is 0 Å². The number of thioether (sulfide) groups is 1. The molecule has 1 aromatic carbocycles. The van der Waals surface area contributed by atoms with E-state index in [1.165, 1.54) is 12.2 Å². The summed E-state index contributed by atoms with van der Waals surface area (Å²) in [5, 5.41) is 3.41. The van der Waals surface area contributed by atoms with Crippen molar-refractivity contribution in [1.29, 1.82) is 0 Å². The van der Waals surface area contributed by atoms with Gasteiger partial charge in [-0.25, -0.2) is 0 Å². The molecular formula is C10H13Br2NS. The first-order valence-electron chi connectivity index (χ1n) is 4.42. The van der Waals surface area contributed by atoms with Crippen LogP contribution in [-0.4, -0.2) is 18.6 Å². The number of hydrogen-bond acceptors (Lipinski definition) is 2. The summed E-state index contributed by atoms with van der Waals surface area (Å²) in [6, 6.07) is 6.10. The van der Waals surface area contributed by atoms with Crippen LogP contribution in [0.5, 0.6) is 0 Å². The van der Waals surface area contributed by atoms with Crippen LogP contribution < -0.4 is 5.32 Å². The van der Waals surface area contributed by atoms with E-state index in [0.29, 0.717) is 0 Å². The first-order valence-corrected chi connectivity index (χ1v) is 7.40. The van der Waals surface area contributed by atoms with E-state index in [0.717, 1.165) is 21.2 Å². The molecule has 0 atom stereocenters. The monoisotopic (exact) mass is 337 g/mol. The molecule has 1 aromatic rings. The number of halogens is 2. The molecule has 0 spiro atoms. The highest BCUT2D eigenvalue weighted by atomic mass is 79.9. The quantitative estimate of drug-likeness (QED) is 0.800. The highest BCUT2D eigenvalue weighted by molar-refractivity contribution is 9.11. The van der Waals surface area contributed by atoms with Gasteiger partial charge in [0.05, 0.1) is 5.69 Å². The molecule has 0 aliphatic heterocycles. The van der Waals surface area contributed by atoms with Crippen LogP contribution >= 0.6 is 43.6 Å². The van der Waals surface area contributed by atoms with Gasteiger partial charge in [-0.1, -0.05) is 6.07 Å². The molecule has 0 aliphatic rings. The van der Waals surface area contributed by atoms with Crippen LogP contribution in [0.1, 0.15) is 6.42 Å². The minimum atomic E-state index is 1.02. The number of nitrogens with one attached hydrogen (secondary N) is 1. The average Bonchev–Trinajstić information content (AvgIpc) is 2.16. The Morgan fingerprint density at radius 2 is 1.93 bits per heavy atom. The first kappa shape index (κ1) is 12.4. The van der Waals surface area contributed by atoms with Crippen LogP contribution in [0.2, 0.25) is 0 Å². The molecule has 1 N–H and O–H groups in total. The van der Waals surface area contributed by atoms with Crippen molar-refractivity contribution >= 4 is 49.3 Å². The molecule has 0 unspecified atom stereocenters. The third-order valence-corrected chi connectivity index (χ3v) is 3.81. The maximum atomic E-state index is 3.52. The maximum Gasteiger partial charge on any atom is 0.0628 e. The van der Waals surface area contributed by atoms with Gasteiger partial charge >= 0.3 is 0 Å². The zero-order valence-corrected chi connectivity index (χ0v) is 12.0. The zero-order valence-electron chi connectivity index (χ0n) is 8.02. The molecule has 4 heteroatoms. The molecule has 0 saturated carbocycles. The fourth-order valence-electron chi connectivity index (χ4n) is 1.10. The second-order valence-corrected chi connectivity index (χ2v) is 5.56. The van der Waals surface area contributed by atoms with E-state index in [9.17, 15) is 0 Å². The molecule has 0 fully saturated rings. The molecule has 0 saturated heterocycles. The summed E-state index contributed by atoms with van der Waals surface area (Å²) in [4.78, 5) is 0. The minimum Gasteiger partial charge on any atom is -0.383 e. The van der Waals surface area contributed by atoms with Gasteiger partial charge in [-0.15, -0.1) is 0 Å². The molecule has 0 heterocycles. The van der Waals surface area contributed by atoms with Gasteiger partial charge in [0.2, 0.25) is 0 Å². The van der Waals surface area contributed by atoms with Gasteiger partial charge in [-0.2, -0.15) is 11.8 Å². The van der Waals surface area contributed by atoms with Gasteiger partial charge < -0.3 is 5.32 Å². The van der Waals surface area contributed by atoms with E-state index in [-0.39, 0.29) is 0 Å². The summed E-state index contributed by atoms with van der Waals surface area (Å²) in [6.45, 7) is 1.02. The normalized spacial score (nSPS) is 10.2. The van der Waals surface area contributed by atoms with E-state index in [4.69, 9.17) is 0 Å². The Balaban J connectivity index is 2.49. The molecule has 1 rings (SSSR count). The molecule has 1 nitrogen and oxygen atoms in total. The Bertz CT molecular complexity index is 271. The highest BCUT2D eigenvalue weighted by Gasteiger charge is 2.02. The summed E-state index contributed by atoms with van der Waals surface area (Å²) < 4.78 is 2.21. The van der Waals surface area contributed by atoms with E-state index >= 15 is 0 Å². The Kier molecular flexibility index (Phi) is 5.98. The zero-order chi connectivity index (χ0) is 10.4. The summed E-state index contributed by atoms with van der Waals surface area (Å²) in [7, 11) is 0. The van der Waals surface area contributed by atoms with Crippen molar-refractivity contribution in [2.24, 2.45) is 0 Å². The van der Waals surface area contributed by atoms with Crippen LogP contribution in [0, 0.1) is 0 Å². The largest absolute Gasteiger partial charge is 0.383 e. The Labute approximate surface area is 106 Å². The molecular weight excluding hydrogens is 326 g/mol. The molecule has 78 valence electrons. The van der Waals surface area contributed by atoms with Crippen molar-refractivity contribution in [2.45, 2.75) is 6.42 Å². The van der Waals surface area contributed by atoms with Gasteiger partial charge in [0, 0.05) is 15.5 Å². The first-order chi connectivity index (χ1) is 6.75. The number of hydrogen-bond donors (Lipinski definition) is 1. The molecule has 0 aromatic heterocycles. The van der Waals surface area contributed by atoms with E-state index in [1.807, 2.05) is 30.0 Å². The van der Waals surface area contributed by atoms with Gasteiger partial charge in [0.15, 0.2) is 0 Å². The van der Waals surface area contributed by atoms with E-state index in [1.54, 1.807) is 0 Å². The lowest BCUT2D eigenvalue weighted by atomic mass is 10.3. The molecule has 0 amide bonds. The number of anilines is 1. The Hall–Kier alpha value is 0.330. The van der Waals surface area contributed by atoms with Gasteiger partial charge in [-0.05, 0) is 62.4 Å². The minimum absolute atomic E-state index is 1.02. The summed E-state index contributed by atoms with van der Waals surface area (Å²) in [5.74, 6) is 1.20. The predicted octanol–water partition coefficient (Wildman–Crippen LogP) is 4.38. The maximum absolute atomic E-state index is 3.52. The molecule has 0 bridgehead atoms. The fourth-order valence-corrected chi connectivity index (χ4v) is 2.81. The Morgan fingerprint density at radius 3 is 2.50 bits per heavy atom. The lowest BCUT2D eigenvalue weighted by Gasteiger charge is -2.09. The van der Waals surface area contributed by atoms with Gasteiger partial charge in [0.1, 0.15) is 0 Å². The third-order valence-electron chi connectivity index (χ3n) is 1.79. The SMILES string of the molecule is CSCCCNc1c(Br)cccc1Br. The van der Waals surface area contributed by atoms with Crippen molar-refractivity contribution in [3.05, 3.63) is 27.1 Å². The van der Waals surface area contributed by atoms with E-state index < -0.39 is 0 Å². The predicted molar refractivity (Wildman–Crippen MR) is 73.3 cm³/mol. The van der Waals surface area contributed by atoms with Crippen LogP contribution in [0.25, 0.3) is 0 Å². The molecule has 0 aliphatic carbocycles. The summed E-state index contributed by atoms with van der Waals surface area (Å²) in [5.41, 5.74) is 1.15. The molecule has 14 heavy (non-hydrogen) atoms. The van der Waals surface area contributed by atoms with Crippen molar-refractivity contribution in [2.75, 3.05) is 23.9 Å². The van der Waals surface area contributed by atoms with Crippen LogP contribution in [0.4, 0.5) is 5.69 Å². The summed E-state index contributed by atoms with van der Waals surface area (Å²) >= 11 is 8.92. The van der Waals surface area contributed by atoms with Crippen LogP contribution in [0.3, 0.4) is 0 Å². The van der Waals surface area contributed by atoms with Crippen molar-refractivity contribution < 1.29 is 0 Å². The second kappa shape index (κ2) is 6.75.